The smallest absolute Gasteiger partial charge is 0.444 e. The zero-order valence-electron chi connectivity index (χ0n) is 14.9. The van der Waals surface area contributed by atoms with Crippen molar-refractivity contribution in [3.63, 3.8) is 0 Å². The van der Waals surface area contributed by atoms with Crippen LogP contribution in [0.4, 0.5) is 10.5 Å². The predicted octanol–water partition coefficient (Wildman–Crippen LogP) is 2.73. The predicted molar refractivity (Wildman–Crippen MR) is 89.8 cm³/mol. The maximum Gasteiger partial charge on any atom is 0.514 e. The van der Waals surface area contributed by atoms with E-state index in [0.717, 1.165) is 0 Å². The average Bonchev–Trinajstić information content (AvgIpc) is 2.56. The van der Waals surface area contributed by atoms with Crippen LogP contribution >= 0.6 is 0 Å². The van der Waals surface area contributed by atoms with Gasteiger partial charge in [-0.3, -0.25) is 10.3 Å². The normalized spacial score (nSPS) is 19.5. The van der Waals surface area contributed by atoms with E-state index < -0.39 is 30.0 Å². The summed E-state index contributed by atoms with van der Waals surface area (Å²) in [6.45, 7) is 13.4. The average molecular weight is 320 g/mol. The molecule has 1 aromatic rings. The van der Waals surface area contributed by atoms with Gasteiger partial charge in [0.15, 0.2) is 0 Å². The molecule has 0 saturated carbocycles. The Morgan fingerprint density at radius 3 is 2.30 bits per heavy atom. The van der Waals surface area contributed by atoms with Crippen LogP contribution in [0.2, 0.25) is 0 Å². The second kappa shape index (κ2) is 5.80. The third-order valence-corrected chi connectivity index (χ3v) is 3.92. The van der Waals surface area contributed by atoms with E-state index in [0.29, 0.717) is 11.3 Å². The van der Waals surface area contributed by atoms with Gasteiger partial charge < -0.3 is 14.0 Å². The highest BCUT2D eigenvalue weighted by atomic mass is 16.7. The highest BCUT2D eigenvalue weighted by Crippen LogP contribution is 2.36. The summed E-state index contributed by atoms with van der Waals surface area (Å²) in [7, 11) is -0.569. The molecular weight excluding hydrogens is 295 g/mol. The second-order valence-corrected chi connectivity index (χ2v) is 7.68. The molecule has 0 atom stereocenters. The SMILES string of the molecule is CC(C)(C)OC(=O)Nc1ccnc(B2OC(C)(C)C(C)(C)O2)c1. The fourth-order valence-corrected chi connectivity index (χ4v) is 2.04. The van der Waals surface area contributed by atoms with Gasteiger partial charge >= 0.3 is 13.2 Å². The number of rotatable bonds is 2. The number of amides is 1. The molecule has 1 N–H and O–H groups in total. The summed E-state index contributed by atoms with van der Waals surface area (Å²) in [5, 5.41) is 2.69. The number of ether oxygens (including phenoxy) is 1. The molecule has 0 aliphatic carbocycles. The van der Waals surface area contributed by atoms with Gasteiger partial charge in [0.2, 0.25) is 0 Å². The van der Waals surface area contributed by atoms with E-state index in [1.807, 2.05) is 48.5 Å². The quantitative estimate of drug-likeness (QED) is 0.849. The van der Waals surface area contributed by atoms with Crippen LogP contribution in [0.1, 0.15) is 48.5 Å². The number of carbonyl (C=O) groups is 1. The summed E-state index contributed by atoms with van der Waals surface area (Å²) in [5.41, 5.74) is -0.232. The van der Waals surface area contributed by atoms with Crippen LogP contribution in [0, 0.1) is 0 Å². The number of nitrogens with one attached hydrogen (secondary N) is 1. The molecule has 0 bridgehead atoms. The topological polar surface area (TPSA) is 69.7 Å². The Bertz CT molecular complexity index is 580. The molecule has 23 heavy (non-hydrogen) atoms. The lowest BCUT2D eigenvalue weighted by atomic mass is 9.84. The van der Waals surface area contributed by atoms with Gasteiger partial charge in [-0.05, 0) is 60.6 Å². The number of hydrogen-bond acceptors (Lipinski definition) is 5. The highest BCUT2D eigenvalue weighted by Gasteiger charge is 2.52. The minimum Gasteiger partial charge on any atom is -0.444 e. The first-order valence-electron chi connectivity index (χ1n) is 7.71. The largest absolute Gasteiger partial charge is 0.514 e. The van der Waals surface area contributed by atoms with Gasteiger partial charge in [-0.1, -0.05) is 0 Å². The van der Waals surface area contributed by atoms with Gasteiger partial charge in [-0.25, -0.2) is 4.79 Å². The van der Waals surface area contributed by atoms with Crippen LogP contribution in [0.3, 0.4) is 0 Å². The number of anilines is 1. The summed E-state index contributed by atoms with van der Waals surface area (Å²) < 4.78 is 17.2. The number of nitrogens with zero attached hydrogens (tertiary/aromatic N) is 1. The van der Waals surface area contributed by atoms with Gasteiger partial charge in [0.05, 0.1) is 16.8 Å². The van der Waals surface area contributed by atoms with Gasteiger partial charge in [0.1, 0.15) is 5.60 Å². The Labute approximate surface area is 138 Å². The zero-order valence-corrected chi connectivity index (χ0v) is 14.9. The maximum atomic E-state index is 11.9. The molecule has 2 heterocycles. The molecule has 6 nitrogen and oxygen atoms in total. The molecule has 7 heteroatoms. The Morgan fingerprint density at radius 1 is 1.22 bits per heavy atom. The van der Waals surface area contributed by atoms with Gasteiger partial charge in [0.25, 0.3) is 0 Å². The fourth-order valence-electron chi connectivity index (χ4n) is 2.04. The van der Waals surface area contributed by atoms with E-state index in [1.165, 1.54) is 0 Å². The molecule has 1 aromatic heterocycles. The first-order valence-corrected chi connectivity index (χ1v) is 7.71. The van der Waals surface area contributed by atoms with E-state index in [4.69, 9.17) is 14.0 Å². The summed E-state index contributed by atoms with van der Waals surface area (Å²) in [6, 6.07) is 3.42. The molecule has 0 radical (unpaired) electrons. The molecule has 1 amide bonds. The monoisotopic (exact) mass is 320 g/mol. The fraction of sp³-hybridized carbons (Fsp3) is 0.625. The van der Waals surface area contributed by atoms with Gasteiger partial charge in [-0.2, -0.15) is 0 Å². The highest BCUT2D eigenvalue weighted by molar-refractivity contribution is 6.61. The lowest BCUT2D eigenvalue weighted by Gasteiger charge is -2.32. The minimum absolute atomic E-state index is 0.437. The Kier molecular flexibility index (Phi) is 4.48. The Morgan fingerprint density at radius 2 is 1.78 bits per heavy atom. The number of aromatic nitrogens is 1. The molecule has 1 aliphatic heterocycles. The van der Waals surface area contributed by atoms with E-state index in [2.05, 4.69) is 10.3 Å². The van der Waals surface area contributed by atoms with Crippen molar-refractivity contribution >= 4 is 24.5 Å². The number of hydrogen-bond donors (Lipinski definition) is 1. The van der Waals surface area contributed by atoms with Crippen molar-refractivity contribution in [2.75, 3.05) is 5.32 Å². The van der Waals surface area contributed by atoms with Crippen molar-refractivity contribution in [3.05, 3.63) is 18.3 Å². The van der Waals surface area contributed by atoms with Crippen LogP contribution < -0.4 is 10.9 Å². The summed E-state index contributed by atoms with van der Waals surface area (Å²) >= 11 is 0. The molecule has 1 aliphatic rings. The summed E-state index contributed by atoms with van der Waals surface area (Å²) in [5.74, 6) is 0. The molecule has 1 fully saturated rings. The number of carbonyl (C=O) groups excluding carboxylic acids is 1. The maximum absolute atomic E-state index is 11.9. The van der Waals surface area contributed by atoms with Crippen molar-refractivity contribution in [3.8, 4) is 0 Å². The van der Waals surface area contributed by atoms with Crippen molar-refractivity contribution in [2.45, 2.75) is 65.3 Å². The first kappa shape index (κ1) is 17.8. The second-order valence-electron chi connectivity index (χ2n) is 7.68. The molecule has 126 valence electrons. The lowest BCUT2D eigenvalue weighted by Crippen LogP contribution is -2.41. The van der Waals surface area contributed by atoms with Crippen molar-refractivity contribution in [2.24, 2.45) is 0 Å². The Hall–Kier alpha value is -1.60. The molecule has 0 spiro atoms. The van der Waals surface area contributed by atoms with Crippen LogP contribution in [0.15, 0.2) is 18.3 Å². The van der Waals surface area contributed by atoms with Crippen LogP contribution in [-0.4, -0.2) is 35.0 Å². The first-order chi connectivity index (χ1) is 10.4. The van der Waals surface area contributed by atoms with Crippen LogP contribution in [-0.2, 0) is 14.0 Å². The van der Waals surface area contributed by atoms with E-state index in [1.54, 1.807) is 18.3 Å². The van der Waals surface area contributed by atoms with E-state index in [-0.39, 0.29) is 0 Å². The third kappa shape index (κ3) is 4.23. The molecule has 1 saturated heterocycles. The minimum atomic E-state index is -0.569. The summed E-state index contributed by atoms with van der Waals surface area (Å²) in [4.78, 5) is 16.1. The third-order valence-electron chi connectivity index (χ3n) is 3.92. The van der Waals surface area contributed by atoms with Crippen molar-refractivity contribution in [1.82, 2.24) is 4.98 Å². The molecular formula is C16H25BN2O4. The zero-order chi connectivity index (χ0) is 17.5. The van der Waals surface area contributed by atoms with Crippen molar-refractivity contribution in [1.29, 1.82) is 0 Å². The van der Waals surface area contributed by atoms with Gasteiger partial charge in [-0.15, -0.1) is 0 Å². The Balaban J connectivity index is 2.11. The lowest BCUT2D eigenvalue weighted by molar-refractivity contribution is 0.00578. The standard InChI is InChI=1S/C16H25BN2O4/c1-14(2,3)21-13(20)19-11-8-9-18-12(10-11)17-22-15(4,5)16(6,7)23-17/h8-10H,1-7H3,(H,18,19,20). The van der Waals surface area contributed by atoms with Crippen LogP contribution in [0.5, 0.6) is 0 Å². The van der Waals surface area contributed by atoms with Gasteiger partial charge in [0, 0.05) is 11.9 Å². The summed E-state index contributed by atoms with van der Waals surface area (Å²) in [6.07, 6.45) is 1.09. The van der Waals surface area contributed by atoms with Crippen molar-refractivity contribution < 1.29 is 18.8 Å². The molecule has 0 unspecified atom stereocenters. The molecule has 2 rings (SSSR count). The molecule has 0 aromatic carbocycles. The van der Waals surface area contributed by atoms with E-state index >= 15 is 0 Å². The number of pyridine rings is 1. The van der Waals surface area contributed by atoms with E-state index in [9.17, 15) is 4.79 Å². The van der Waals surface area contributed by atoms with Crippen LogP contribution in [0.25, 0.3) is 0 Å².